The highest BCUT2D eigenvalue weighted by Gasteiger charge is 2.17. The van der Waals surface area contributed by atoms with Crippen LogP contribution in [0.15, 0.2) is 0 Å². The first-order valence-electron chi connectivity index (χ1n) is 4.12. The second-order valence-corrected chi connectivity index (χ2v) is 3.43. The summed E-state index contributed by atoms with van der Waals surface area (Å²) in [6.07, 6.45) is 1.68. The minimum atomic E-state index is -2.13. The van der Waals surface area contributed by atoms with Crippen molar-refractivity contribution < 1.29 is 19.3 Å². The van der Waals surface area contributed by atoms with E-state index in [2.05, 4.69) is 0 Å². The number of rotatable bonds is 7. The Labute approximate surface area is 74.4 Å². The standard InChI is InChI=1S/C7H17O4P/c1-3-5-10-7(12(8)9)11-6-4-2/h7-9H,3-6H2,1-2H3. The molecule has 0 fully saturated rings. The van der Waals surface area contributed by atoms with Crippen molar-refractivity contribution in [2.75, 3.05) is 13.2 Å². The molecule has 0 heterocycles. The Hall–Kier alpha value is 0.270. The summed E-state index contributed by atoms with van der Waals surface area (Å²) in [7, 11) is -2.13. The fourth-order valence-corrected chi connectivity index (χ4v) is 1.10. The van der Waals surface area contributed by atoms with Gasteiger partial charge in [0, 0.05) is 0 Å². The highest BCUT2D eigenvalue weighted by molar-refractivity contribution is 7.45. The van der Waals surface area contributed by atoms with Crippen molar-refractivity contribution in [2.24, 2.45) is 0 Å². The molecule has 0 amide bonds. The average molecular weight is 196 g/mol. The van der Waals surface area contributed by atoms with Crippen LogP contribution >= 0.6 is 8.38 Å². The largest absolute Gasteiger partial charge is 0.346 e. The molecule has 0 saturated carbocycles. The number of ether oxygens (including phenoxy) is 2. The van der Waals surface area contributed by atoms with Gasteiger partial charge in [0.2, 0.25) is 14.4 Å². The van der Waals surface area contributed by atoms with E-state index in [0.717, 1.165) is 12.8 Å². The van der Waals surface area contributed by atoms with Crippen LogP contribution in [0.1, 0.15) is 26.7 Å². The van der Waals surface area contributed by atoms with Crippen LogP contribution in [0, 0.1) is 0 Å². The molecule has 0 aromatic rings. The molecule has 0 aliphatic rings. The maximum Gasteiger partial charge on any atom is 0.228 e. The van der Waals surface area contributed by atoms with Crippen LogP contribution in [0.3, 0.4) is 0 Å². The lowest BCUT2D eigenvalue weighted by Crippen LogP contribution is -2.16. The normalized spacial score (nSPS) is 11.5. The quantitative estimate of drug-likeness (QED) is 0.477. The van der Waals surface area contributed by atoms with Crippen LogP contribution in [0.25, 0.3) is 0 Å². The van der Waals surface area contributed by atoms with Gasteiger partial charge in [0.05, 0.1) is 13.2 Å². The maximum atomic E-state index is 8.84. The molecule has 0 aromatic carbocycles. The van der Waals surface area contributed by atoms with Gasteiger partial charge < -0.3 is 19.3 Å². The Morgan fingerprint density at radius 1 is 1.08 bits per heavy atom. The first kappa shape index (κ1) is 12.3. The smallest absolute Gasteiger partial charge is 0.228 e. The van der Waals surface area contributed by atoms with Gasteiger partial charge in [-0.2, -0.15) is 0 Å². The van der Waals surface area contributed by atoms with E-state index in [1.165, 1.54) is 0 Å². The molecule has 74 valence electrons. The van der Waals surface area contributed by atoms with Crippen LogP contribution in [0.2, 0.25) is 0 Å². The molecule has 2 N–H and O–H groups in total. The van der Waals surface area contributed by atoms with Gasteiger partial charge in [0.15, 0.2) is 0 Å². The summed E-state index contributed by atoms with van der Waals surface area (Å²) < 4.78 is 10.1. The van der Waals surface area contributed by atoms with Gasteiger partial charge >= 0.3 is 0 Å². The molecule has 0 rings (SSSR count). The Morgan fingerprint density at radius 3 is 1.75 bits per heavy atom. The molecule has 0 saturated heterocycles. The zero-order valence-electron chi connectivity index (χ0n) is 7.56. The van der Waals surface area contributed by atoms with Gasteiger partial charge in [-0.15, -0.1) is 0 Å². The van der Waals surface area contributed by atoms with Crippen molar-refractivity contribution in [2.45, 2.75) is 32.7 Å². The summed E-state index contributed by atoms with van der Waals surface area (Å²) in [6.45, 7) is 4.89. The SMILES string of the molecule is CCCOC(OCCC)P(O)O. The molecular weight excluding hydrogens is 179 g/mol. The molecule has 0 bridgehead atoms. The lowest BCUT2D eigenvalue weighted by molar-refractivity contribution is -0.0948. The Bertz CT molecular complexity index is 91.4. The molecule has 12 heavy (non-hydrogen) atoms. The summed E-state index contributed by atoms with van der Waals surface area (Å²) in [5.74, 6) is 0. The topological polar surface area (TPSA) is 58.9 Å². The average Bonchev–Trinajstić information content (AvgIpc) is 2.04. The molecule has 0 aliphatic heterocycles. The second kappa shape index (κ2) is 7.90. The lowest BCUT2D eigenvalue weighted by Gasteiger charge is -2.18. The summed E-state index contributed by atoms with van der Waals surface area (Å²) in [5, 5.41) is 0. The predicted molar refractivity (Wildman–Crippen MR) is 47.6 cm³/mol. The maximum absolute atomic E-state index is 8.84. The Morgan fingerprint density at radius 2 is 1.50 bits per heavy atom. The fraction of sp³-hybridized carbons (Fsp3) is 1.00. The highest BCUT2D eigenvalue weighted by Crippen LogP contribution is 2.32. The molecule has 0 radical (unpaired) electrons. The van der Waals surface area contributed by atoms with E-state index in [-0.39, 0.29) is 0 Å². The molecule has 4 nitrogen and oxygen atoms in total. The van der Waals surface area contributed by atoms with Crippen LogP contribution in [-0.4, -0.2) is 29.0 Å². The van der Waals surface area contributed by atoms with E-state index < -0.39 is 14.4 Å². The zero-order chi connectivity index (χ0) is 9.40. The van der Waals surface area contributed by atoms with E-state index in [9.17, 15) is 0 Å². The van der Waals surface area contributed by atoms with Crippen molar-refractivity contribution >= 4 is 8.38 Å². The van der Waals surface area contributed by atoms with Crippen molar-refractivity contribution in [3.8, 4) is 0 Å². The van der Waals surface area contributed by atoms with Crippen LogP contribution in [0.4, 0.5) is 0 Å². The summed E-state index contributed by atoms with van der Waals surface area (Å²) in [6, 6.07) is -0.833. The van der Waals surface area contributed by atoms with Gasteiger partial charge in [0.25, 0.3) is 0 Å². The third-order valence-corrected chi connectivity index (χ3v) is 1.79. The fourth-order valence-electron chi connectivity index (χ4n) is 0.619. The van der Waals surface area contributed by atoms with E-state index >= 15 is 0 Å². The van der Waals surface area contributed by atoms with Crippen molar-refractivity contribution in [3.63, 3.8) is 0 Å². The molecule has 0 unspecified atom stereocenters. The van der Waals surface area contributed by atoms with E-state index in [1.807, 2.05) is 13.8 Å². The highest BCUT2D eigenvalue weighted by atomic mass is 31.2. The van der Waals surface area contributed by atoms with Gasteiger partial charge in [0.1, 0.15) is 0 Å². The van der Waals surface area contributed by atoms with Gasteiger partial charge in [-0.1, -0.05) is 13.8 Å². The third kappa shape index (κ3) is 5.86. The number of hydrogen-bond acceptors (Lipinski definition) is 4. The molecule has 0 aromatic heterocycles. The first-order valence-corrected chi connectivity index (χ1v) is 5.44. The van der Waals surface area contributed by atoms with Crippen LogP contribution < -0.4 is 0 Å². The Kier molecular flexibility index (Phi) is 8.07. The first-order chi connectivity index (χ1) is 5.72. The lowest BCUT2D eigenvalue weighted by atomic mass is 10.5. The predicted octanol–water partition coefficient (Wildman–Crippen LogP) is 1.42. The van der Waals surface area contributed by atoms with Crippen molar-refractivity contribution in [1.82, 2.24) is 0 Å². The minimum Gasteiger partial charge on any atom is -0.346 e. The summed E-state index contributed by atoms with van der Waals surface area (Å²) in [5.41, 5.74) is 0. The third-order valence-electron chi connectivity index (χ3n) is 1.12. The monoisotopic (exact) mass is 196 g/mol. The van der Waals surface area contributed by atoms with Crippen LogP contribution in [0.5, 0.6) is 0 Å². The molecular formula is C7H17O4P. The zero-order valence-corrected chi connectivity index (χ0v) is 8.46. The van der Waals surface area contributed by atoms with Gasteiger partial charge in [-0.25, -0.2) is 0 Å². The second-order valence-electron chi connectivity index (χ2n) is 2.37. The van der Waals surface area contributed by atoms with E-state index in [4.69, 9.17) is 19.3 Å². The molecule has 0 spiro atoms. The van der Waals surface area contributed by atoms with Crippen molar-refractivity contribution in [1.29, 1.82) is 0 Å². The van der Waals surface area contributed by atoms with Crippen LogP contribution in [-0.2, 0) is 9.47 Å². The Balaban J connectivity index is 3.55. The van der Waals surface area contributed by atoms with Gasteiger partial charge in [-0.05, 0) is 12.8 Å². The van der Waals surface area contributed by atoms with Crippen molar-refractivity contribution in [3.05, 3.63) is 0 Å². The van der Waals surface area contributed by atoms with E-state index in [1.54, 1.807) is 0 Å². The minimum absolute atomic E-state index is 0.494. The van der Waals surface area contributed by atoms with Gasteiger partial charge in [-0.3, -0.25) is 0 Å². The molecule has 0 aliphatic carbocycles. The van der Waals surface area contributed by atoms with E-state index in [0.29, 0.717) is 13.2 Å². The number of hydrogen-bond donors (Lipinski definition) is 2. The molecule has 5 heteroatoms. The summed E-state index contributed by atoms with van der Waals surface area (Å²) >= 11 is 0. The summed E-state index contributed by atoms with van der Waals surface area (Å²) in [4.78, 5) is 17.7. The molecule has 0 atom stereocenters.